The molecule has 0 N–H and O–H groups in total. The number of rotatable bonds is 6. The van der Waals surface area contributed by atoms with Crippen molar-refractivity contribution in [3.8, 4) is 23.3 Å². The van der Waals surface area contributed by atoms with E-state index < -0.39 is 5.82 Å². The van der Waals surface area contributed by atoms with Gasteiger partial charge in [-0.15, -0.1) is 10.2 Å². The number of methoxy groups -OCH3 is 1. The Kier molecular flexibility index (Phi) is 5.36. The second-order valence-corrected chi connectivity index (χ2v) is 6.23. The quantitative estimate of drug-likeness (QED) is 0.652. The molecule has 6 nitrogen and oxygen atoms in total. The first-order valence-electron chi connectivity index (χ1n) is 8.45. The third-order valence-corrected chi connectivity index (χ3v) is 4.12. The Balaban J connectivity index is 1.82. The van der Waals surface area contributed by atoms with Gasteiger partial charge in [-0.2, -0.15) is 5.26 Å². The molecule has 0 aliphatic carbocycles. The Bertz CT molecular complexity index is 961. The highest BCUT2D eigenvalue weighted by Gasteiger charge is 2.18. The Morgan fingerprint density at radius 3 is 2.52 bits per heavy atom. The van der Waals surface area contributed by atoms with Crippen molar-refractivity contribution < 1.29 is 13.5 Å². The molecule has 0 saturated heterocycles. The van der Waals surface area contributed by atoms with Crippen LogP contribution >= 0.6 is 0 Å². The summed E-state index contributed by atoms with van der Waals surface area (Å²) in [5.74, 6) is 0.561. The SMILES string of the molecule is COc1ccc(N(Cc2nnc(-c3ccc(C#N)cc3)o2)C(C)C)cc1F. The molecule has 0 atom stereocenters. The summed E-state index contributed by atoms with van der Waals surface area (Å²) in [5, 5.41) is 17.0. The van der Waals surface area contributed by atoms with Gasteiger partial charge in [0.05, 0.1) is 25.3 Å². The van der Waals surface area contributed by atoms with E-state index in [0.29, 0.717) is 29.6 Å². The van der Waals surface area contributed by atoms with Crippen molar-refractivity contribution in [1.82, 2.24) is 10.2 Å². The molecule has 0 radical (unpaired) electrons. The molecule has 7 heteroatoms. The summed E-state index contributed by atoms with van der Waals surface area (Å²) >= 11 is 0. The molecule has 0 aliphatic rings. The monoisotopic (exact) mass is 366 g/mol. The van der Waals surface area contributed by atoms with Crippen LogP contribution in [0, 0.1) is 17.1 Å². The molecule has 0 bridgehead atoms. The van der Waals surface area contributed by atoms with Crippen LogP contribution in [0.3, 0.4) is 0 Å². The molecule has 2 aromatic carbocycles. The molecule has 1 aromatic heterocycles. The zero-order chi connectivity index (χ0) is 19.4. The number of nitriles is 1. The second-order valence-electron chi connectivity index (χ2n) is 6.23. The lowest BCUT2D eigenvalue weighted by molar-refractivity contribution is 0.386. The fourth-order valence-corrected chi connectivity index (χ4v) is 2.67. The second kappa shape index (κ2) is 7.87. The van der Waals surface area contributed by atoms with Crippen LogP contribution in [0.15, 0.2) is 46.9 Å². The summed E-state index contributed by atoms with van der Waals surface area (Å²) in [6, 6.07) is 13.9. The van der Waals surface area contributed by atoms with Crippen LogP contribution in [0.25, 0.3) is 11.5 Å². The number of aromatic nitrogens is 2. The van der Waals surface area contributed by atoms with E-state index in [1.54, 1.807) is 36.4 Å². The van der Waals surface area contributed by atoms with Gasteiger partial charge in [-0.1, -0.05) is 0 Å². The van der Waals surface area contributed by atoms with Crippen molar-refractivity contribution >= 4 is 5.69 Å². The van der Waals surface area contributed by atoms with Gasteiger partial charge in [0.15, 0.2) is 11.6 Å². The normalized spacial score (nSPS) is 10.7. The zero-order valence-corrected chi connectivity index (χ0v) is 15.3. The van der Waals surface area contributed by atoms with E-state index in [4.69, 9.17) is 14.4 Å². The van der Waals surface area contributed by atoms with Gasteiger partial charge >= 0.3 is 0 Å². The molecular weight excluding hydrogens is 347 g/mol. The highest BCUT2D eigenvalue weighted by Crippen LogP contribution is 2.27. The maximum Gasteiger partial charge on any atom is 0.247 e. The molecule has 0 fully saturated rings. The van der Waals surface area contributed by atoms with Crippen LogP contribution in [0.5, 0.6) is 5.75 Å². The van der Waals surface area contributed by atoms with Crippen LogP contribution in [0.2, 0.25) is 0 Å². The number of hydrogen-bond donors (Lipinski definition) is 0. The number of anilines is 1. The van der Waals surface area contributed by atoms with Gasteiger partial charge in [-0.25, -0.2) is 4.39 Å². The average molecular weight is 366 g/mol. The Hall–Kier alpha value is -3.40. The number of hydrogen-bond acceptors (Lipinski definition) is 6. The molecule has 0 unspecified atom stereocenters. The molecule has 27 heavy (non-hydrogen) atoms. The van der Waals surface area contributed by atoms with Gasteiger partial charge in [-0.05, 0) is 50.2 Å². The van der Waals surface area contributed by atoms with Crippen LogP contribution in [0.4, 0.5) is 10.1 Å². The predicted octanol–water partition coefficient (Wildman–Crippen LogP) is 4.17. The first kappa shape index (κ1) is 18.4. The molecule has 0 aliphatic heterocycles. The van der Waals surface area contributed by atoms with E-state index in [1.165, 1.54) is 13.2 Å². The van der Waals surface area contributed by atoms with Gasteiger partial charge in [0.1, 0.15) is 0 Å². The lowest BCUT2D eigenvalue weighted by Gasteiger charge is -2.27. The lowest BCUT2D eigenvalue weighted by atomic mass is 10.1. The van der Waals surface area contributed by atoms with Gasteiger partial charge in [-0.3, -0.25) is 0 Å². The Morgan fingerprint density at radius 2 is 1.93 bits per heavy atom. The topological polar surface area (TPSA) is 75.2 Å². The van der Waals surface area contributed by atoms with Gasteiger partial charge in [0.25, 0.3) is 0 Å². The maximum absolute atomic E-state index is 14.1. The summed E-state index contributed by atoms with van der Waals surface area (Å²) in [4.78, 5) is 1.96. The van der Waals surface area contributed by atoms with E-state index in [0.717, 1.165) is 5.56 Å². The number of halogens is 1. The summed E-state index contributed by atoms with van der Waals surface area (Å²) in [6.45, 7) is 4.34. The summed E-state index contributed by atoms with van der Waals surface area (Å²) < 4.78 is 24.8. The molecule has 0 saturated carbocycles. The van der Waals surface area contributed by atoms with Crippen LogP contribution in [-0.2, 0) is 6.54 Å². The van der Waals surface area contributed by atoms with Crippen molar-refractivity contribution in [1.29, 1.82) is 5.26 Å². The van der Waals surface area contributed by atoms with E-state index >= 15 is 0 Å². The van der Waals surface area contributed by atoms with Gasteiger partial charge < -0.3 is 14.1 Å². The minimum atomic E-state index is -0.426. The van der Waals surface area contributed by atoms with Crippen molar-refractivity contribution in [3.63, 3.8) is 0 Å². The minimum absolute atomic E-state index is 0.0862. The third-order valence-electron chi connectivity index (χ3n) is 4.12. The van der Waals surface area contributed by atoms with E-state index in [9.17, 15) is 4.39 Å². The zero-order valence-electron chi connectivity index (χ0n) is 15.3. The third kappa shape index (κ3) is 4.06. The summed E-state index contributed by atoms with van der Waals surface area (Å²) in [7, 11) is 1.43. The van der Waals surface area contributed by atoms with E-state index in [1.807, 2.05) is 18.7 Å². The largest absolute Gasteiger partial charge is 0.494 e. The van der Waals surface area contributed by atoms with Gasteiger partial charge in [0.2, 0.25) is 11.8 Å². The van der Waals surface area contributed by atoms with Crippen molar-refractivity contribution in [2.24, 2.45) is 0 Å². The molecule has 3 rings (SSSR count). The fourth-order valence-electron chi connectivity index (χ4n) is 2.67. The molecule has 0 spiro atoms. The maximum atomic E-state index is 14.1. The van der Waals surface area contributed by atoms with E-state index in [2.05, 4.69) is 16.3 Å². The molecular formula is C20H19FN4O2. The minimum Gasteiger partial charge on any atom is -0.494 e. The standard InChI is InChI=1S/C20H19FN4O2/c1-13(2)25(16-8-9-18(26-3)17(21)10-16)12-19-23-24-20(27-19)15-6-4-14(11-22)5-7-15/h4-10,13H,12H2,1-3H3. The Labute approximate surface area is 156 Å². The number of ether oxygens (including phenoxy) is 1. The lowest BCUT2D eigenvalue weighted by Crippen LogP contribution is -2.30. The highest BCUT2D eigenvalue weighted by atomic mass is 19.1. The summed E-state index contributed by atoms with van der Waals surface area (Å²) in [6.07, 6.45) is 0. The predicted molar refractivity (Wildman–Crippen MR) is 98.7 cm³/mol. The molecule has 138 valence electrons. The molecule has 3 aromatic rings. The van der Waals surface area contributed by atoms with Crippen LogP contribution < -0.4 is 9.64 Å². The van der Waals surface area contributed by atoms with Crippen molar-refractivity contribution in [3.05, 3.63) is 59.7 Å². The van der Waals surface area contributed by atoms with E-state index in [-0.39, 0.29) is 11.8 Å². The van der Waals surface area contributed by atoms with Gasteiger partial charge in [0, 0.05) is 23.4 Å². The van der Waals surface area contributed by atoms with Crippen molar-refractivity contribution in [2.45, 2.75) is 26.4 Å². The molecule has 0 amide bonds. The van der Waals surface area contributed by atoms with Crippen molar-refractivity contribution in [2.75, 3.05) is 12.0 Å². The summed E-state index contributed by atoms with van der Waals surface area (Å²) in [5.41, 5.74) is 1.99. The van der Waals surface area contributed by atoms with Crippen LogP contribution in [0.1, 0.15) is 25.3 Å². The number of benzene rings is 2. The first-order chi connectivity index (χ1) is 13.0. The van der Waals surface area contributed by atoms with Crippen LogP contribution in [-0.4, -0.2) is 23.3 Å². The highest BCUT2D eigenvalue weighted by molar-refractivity contribution is 5.54. The number of nitrogens with zero attached hydrogens (tertiary/aromatic N) is 4. The Morgan fingerprint density at radius 1 is 1.19 bits per heavy atom. The smallest absolute Gasteiger partial charge is 0.247 e. The average Bonchev–Trinajstić information content (AvgIpc) is 3.14. The first-order valence-corrected chi connectivity index (χ1v) is 8.45. The fraction of sp³-hybridized carbons (Fsp3) is 0.250. The molecule has 1 heterocycles.